The Kier molecular flexibility index (Phi) is 5.04. The van der Waals surface area contributed by atoms with Gasteiger partial charge in [0.1, 0.15) is 0 Å². The lowest BCUT2D eigenvalue weighted by molar-refractivity contribution is 0.592. The zero-order chi connectivity index (χ0) is 14.9. The smallest absolute Gasteiger partial charge is 0.0743 e. The molecule has 0 saturated heterocycles. The second-order valence-corrected chi connectivity index (χ2v) is 6.59. The maximum Gasteiger partial charge on any atom is 0.0743 e. The average Bonchev–Trinajstić information content (AvgIpc) is 2.67. The summed E-state index contributed by atoms with van der Waals surface area (Å²) in [6, 6.07) is 6.60. The lowest BCUT2D eigenvalue weighted by Gasteiger charge is -2.18. The Hall–Kier alpha value is -0.650. The van der Waals surface area contributed by atoms with E-state index in [9.17, 15) is 0 Å². The highest BCUT2D eigenvalue weighted by Crippen LogP contribution is 2.29. The van der Waals surface area contributed by atoms with E-state index in [0.29, 0.717) is 0 Å². The van der Waals surface area contributed by atoms with Crippen LogP contribution in [0.3, 0.4) is 0 Å². The quantitative estimate of drug-likeness (QED) is 0.806. The molecule has 5 heteroatoms. The molecule has 0 amide bonds. The van der Waals surface area contributed by atoms with Crippen molar-refractivity contribution in [3.8, 4) is 5.69 Å². The SMILES string of the molecule is CCNC(C)c1cc(Br)ccc1-n1nc(C)c(Br)c1C. The number of nitrogens with one attached hydrogen (secondary N) is 1. The van der Waals surface area contributed by atoms with Crippen molar-refractivity contribution in [2.75, 3.05) is 6.54 Å². The van der Waals surface area contributed by atoms with Crippen molar-refractivity contribution in [2.24, 2.45) is 0 Å². The number of aromatic nitrogens is 2. The molecule has 1 aromatic heterocycles. The van der Waals surface area contributed by atoms with Crippen LogP contribution < -0.4 is 5.32 Å². The lowest BCUT2D eigenvalue weighted by Crippen LogP contribution is -2.20. The van der Waals surface area contributed by atoms with E-state index in [4.69, 9.17) is 0 Å². The second-order valence-electron chi connectivity index (χ2n) is 4.88. The Balaban J connectivity index is 2.58. The minimum Gasteiger partial charge on any atom is -0.310 e. The van der Waals surface area contributed by atoms with Gasteiger partial charge in [-0.25, -0.2) is 4.68 Å². The molecular weight excluding hydrogens is 382 g/mol. The minimum absolute atomic E-state index is 0.273. The van der Waals surface area contributed by atoms with E-state index in [-0.39, 0.29) is 6.04 Å². The Bertz CT molecular complexity index is 620. The van der Waals surface area contributed by atoms with E-state index in [2.05, 4.69) is 81.2 Å². The van der Waals surface area contributed by atoms with Crippen molar-refractivity contribution in [2.45, 2.75) is 33.7 Å². The standard InChI is InChI=1S/C15H19Br2N3/c1-5-18-9(2)13-8-12(16)6-7-14(13)20-11(4)15(17)10(3)19-20/h6-9,18H,5H2,1-4H3. The monoisotopic (exact) mass is 399 g/mol. The maximum absolute atomic E-state index is 4.64. The van der Waals surface area contributed by atoms with Gasteiger partial charge in [0, 0.05) is 10.5 Å². The first-order chi connectivity index (χ1) is 9.45. The van der Waals surface area contributed by atoms with E-state index in [1.807, 2.05) is 11.6 Å². The fourth-order valence-electron chi connectivity index (χ4n) is 2.34. The summed E-state index contributed by atoms with van der Waals surface area (Å²) in [5.74, 6) is 0. The average molecular weight is 401 g/mol. The largest absolute Gasteiger partial charge is 0.310 e. The zero-order valence-corrected chi connectivity index (χ0v) is 15.3. The van der Waals surface area contributed by atoms with Gasteiger partial charge >= 0.3 is 0 Å². The summed E-state index contributed by atoms with van der Waals surface area (Å²) in [5.41, 5.74) is 4.48. The van der Waals surface area contributed by atoms with Gasteiger partial charge in [-0.15, -0.1) is 0 Å². The number of rotatable bonds is 4. The molecule has 0 aliphatic carbocycles. The molecule has 20 heavy (non-hydrogen) atoms. The Labute approximate surface area is 137 Å². The summed E-state index contributed by atoms with van der Waals surface area (Å²) in [4.78, 5) is 0. The highest BCUT2D eigenvalue weighted by Gasteiger charge is 2.16. The topological polar surface area (TPSA) is 29.9 Å². The van der Waals surface area contributed by atoms with Crippen LogP contribution in [0.1, 0.15) is 36.8 Å². The Morgan fingerprint density at radius 3 is 2.55 bits per heavy atom. The summed E-state index contributed by atoms with van der Waals surface area (Å²) in [7, 11) is 0. The highest BCUT2D eigenvalue weighted by molar-refractivity contribution is 9.10. The first-order valence-corrected chi connectivity index (χ1v) is 8.29. The van der Waals surface area contributed by atoms with Gasteiger partial charge in [-0.2, -0.15) is 5.10 Å². The third kappa shape index (κ3) is 3.00. The van der Waals surface area contributed by atoms with Crippen LogP contribution in [0, 0.1) is 13.8 Å². The second kappa shape index (κ2) is 6.41. The molecule has 2 aromatic rings. The van der Waals surface area contributed by atoms with Crippen molar-refractivity contribution >= 4 is 31.9 Å². The normalized spacial score (nSPS) is 12.7. The number of hydrogen-bond acceptors (Lipinski definition) is 2. The number of hydrogen-bond donors (Lipinski definition) is 1. The summed E-state index contributed by atoms with van der Waals surface area (Å²) in [5, 5.41) is 8.11. The van der Waals surface area contributed by atoms with Crippen molar-refractivity contribution in [3.05, 3.63) is 44.1 Å². The number of halogens is 2. The number of nitrogens with zero attached hydrogens (tertiary/aromatic N) is 2. The zero-order valence-electron chi connectivity index (χ0n) is 12.2. The van der Waals surface area contributed by atoms with Crippen molar-refractivity contribution in [1.29, 1.82) is 0 Å². The predicted octanol–water partition coefficient (Wildman–Crippen LogP) is 4.68. The molecule has 1 atom stereocenters. The van der Waals surface area contributed by atoms with Gasteiger partial charge in [-0.1, -0.05) is 22.9 Å². The van der Waals surface area contributed by atoms with E-state index >= 15 is 0 Å². The fraction of sp³-hybridized carbons (Fsp3) is 0.400. The van der Waals surface area contributed by atoms with Crippen molar-refractivity contribution in [3.63, 3.8) is 0 Å². The molecule has 0 saturated carbocycles. The molecular formula is C15H19Br2N3. The van der Waals surface area contributed by atoms with Gasteiger partial charge in [0.25, 0.3) is 0 Å². The molecule has 0 aliphatic heterocycles. The van der Waals surface area contributed by atoms with Crippen LogP contribution in [-0.4, -0.2) is 16.3 Å². The minimum atomic E-state index is 0.273. The highest BCUT2D eigenvalue weighted by atomic mass is 79.9. The fourth-order valence-corrected chi connectivity index (χ4v) is 2.97. The Morgan fingerprint density at radius 1 is 1.30 bits per heavy atom. The third-order valence-electron chi connectivity index (χ3n) is 3.40. The van der Waals surface area contributed by atoms with Crippen LogP contribution in [0.4, 0.5) is 0 Å². The molecule has 0 aliphatic rings. The molecule has 0 bridgehead atoms. The number of benzene rings is 1. The van der Waals surface area contributed by atoms with Gasteiger partial charge in [-0.05, 0) is 67.0 Å². The first kappa shape index (κ1) is 15.7. The Morgan fingerprint density at radius 2 is 2.00 bits per heavy atom. The molecule has 0 fully saturated rings. The summed E-state index contributed by atoms with van der Waals surface area (Å²) < 4.78 is 4.17. The maximum atomic E-state index is 4.64. The van der Waals surface area contributed by atoms with Crippen LogP contribution in [0.5, 0.6) is 0 Å². The van der Waals surface area contributed by atoms with E-state index < -0.39 is 0 Å². The van der Waals surface area contributed by atoms with E-state index in [1.54, 1.807) is 0 Å². The van der Waals surface area contributed by atoms with Gasteiger partial charge in [0.15, 0.2) is 0 Å². The van der Waals surface area contributed by atoms with Crippen LogP contribution in [0.25, 0.3) is 5.69 Å². The van der Waals surface area contributed by atoms with Crippen LogP contribution in [0.15, 0.2) is 27.1 Å². The van der Waals surface area contributed by atoms with E-state index in [1.165, 1.54) is 5.56 Å². The van der Waals surface area contributed by atoms with Crippen LogP contribution >= 0.6 is 31.9 Å². The van der Waals surface area contributed by atoms with Crippen molar-refractivity contribution < 1.29 is 0 Å². The van der Waals surface area contributed by atoms with Gasteiger partial charge in [0.05, 0.1) is 21.5 Å². The molecule has 1 N–H and O–H groups in total. The van der Waals surface area contributed by atoms with Crippen LogP contribution in [0.2, 0.25) is 0 Å². The molecule has 3 nitrogen and oxygen atoms in total. The number of aryl methyl sites for hydroxylation is 1. The lowest BCUT2D eigenvalue weighted by atomic mass is 10.1. The van der Waals surface area contributed by atoms with Gasteiger partial charge in [-0.3, -0.25) is 0 Å². The molecule has 108 valence electrons. The van der Waals surface area contributed by atoms with Gasteiger partial charge < -0.3 is 5.32 Å². The molecule has 0 radical (unpaired) electrons. The van der Waals surface area contributed by atoms with E-state index in [0.717, 1.165) is 32.6 Å². The summed E-state index contributed by atoms with van der Waals surface area (Å²) >= 11 is 7.16. The predicted molar refractivity (Wildman–Crippen MR) is 90.5 cm³/mol. The third-order valence-corrected chi connectivity index (χ3v) is 5.04. The van der Waals surface area contributed by atoms with Crippen molar-refractivity contribution in [1.82, 2.24) is 15.1 Å². The molecule has 2 rings (SSSR count). The van der Waals surface area contributed by atoms with Crippen LogP contribution in [-0.2, 0) is 0 Å². The summed E-state index contributed by atoms with van der Waals surface area (Å²) in [6.07, 6.45) is 0. The first-order valence-electron chi connectivity index (χ1n) is 6.70. The molecule has 1 aromatic carbocycles. The molecule has 1 heterocycles. The molecule has 0 spiro atoms. The molecule has 1 unspecified atom stereocenters. The van der Waals surface area contributed by atoms with Gasteiger partial charge in [0.2, 0.25) is 0 Å². The summed E-state index contributed by atoms with van der Waals surface area (Å²) in [6.45, 7) is 9.32.